The van der Waals surface area contributed by atoms with Crippen LogP contribution < -0.4 is 15.4 Å². The molecule has 2 N–H and O–H groups in total. The number of carbonyl (C=O) groups excluding carboxylic acids is 3. The molecular formula is C20H19N3O4S. The second-order valence-electron chi connectivity index (χ2n) is 5.99. The van der Waals surface area contributed by atoms with Crippen LogP contribution in [-0.4, -0.2) is 42.3 Å². The molecule has 1 aliphatic heterocycles. The number of para-hydroxylation sites is 1. The number of likely N-dealkylation sites (N-methyl/N-ethyl adjacent to an activating group) is 1. The Labute approximate surface area is 166 Å². The Morgan fingerprint density at radius 1 is 1.14 bits per heavy atom. The summed E-state index contributed by atoms with van der Waals surface area (Å²) in [5.41, 5.74) is 1.53. The first-order valence-corrected chi connectivity index (χ1v) is 9.38. The summed E-state index contributed by atoms with van der Waals surface area (Å²) in [6.07, 6.45) is 1.65. The van der Waals surface area contributed by atoms with Gasteiger partial charge in [-0.1, -0.05) is 30.3 Å². The summed E-state index contributed by atoms with van der Waals surface area (Å²) in [7, 11) is 1.70. The molecule has 1 fully saturated rings. The number of ether oxygens (including phenoxy) is 1. The number of hydrogen-bond donors (Lipinski definition) is 2. The highest BCUT2D eigenvalue weighted by Crippen LogP contribution is 2.26. The quantitative estimate of drug-likeness (QED) is 0.728. The first kappa shape index (κ1) is 19.5. The number of anilines is 1. The monoisotopic (exact) mass is 397 g/mol. The van der Waals surface area contributed by atoms with E-state index < -0.39 is 0 Å². The third kappa shape index (κ3) is 5.37. The second-order valence-corrected chi connectivity index (χ2v) is 7.00. The molecule has 1 saturated heterocycles. The highest BCUT2D eigenvalue weighted by Gasteiger charge is 2.24. The lowest BCUT2D eigenvalue weighted by molar-refractivity contribution is -0.115. The van der Waals surface area contributed by atoms with E-state index >= 15 is 0 Å². The van der Waals surface area contributed by atoms with Crippen molar-refractivity contribution >= 4 is 40.7 Å². The van der Waals surface area contributed by atoms with Gasteiger partial charge in [-0.25, -0.2) is 4.79 Å². The molecule has 144 valence electrons. The van der Waals surface area contributed by atoms with Gasteiger partial charge in [0, 0.05) is 12.7 Å². The van der Waals surface area contributed by atoms with E-state index in [0.717, 1.165) is 23.0 Å². The van der Waals surface area contributed by atoms with Crippen molar-refractivity contribution in [2.24, 2.45) is 0 Å². The van der Waals surface area contributed by atoms with Crippen molar-refractivity contribution in [3.8, 4) is 5.75 Å². The summed E-state index contributed by atoms with van der Waals surface area (Å²) in [6.45, 7) is 0.759. The first-order valence-electron chi connectivity index (χ1n) is 8.56. The highest BCUT2D eigenvalue weighted by molar-refractivity contribution is 8.18. The van der Waals surface area contributed by atoms with Crippen molar-refractivity contribution in [3.63, 3.8) is 0 Å². The number of benzene rings is 2. The fourth-order valence-electron chi connectivity index (χ4n) is 2.38. The Bertz CT molecular complexity index is 897. The maximum absolute atomic E-state index is 12.1. The predicted molar refractivity (Wildman–Crippen MR) is 109 cm³/mol. The zero-order valence-corrected chi connectivity index (χ0v) is 16.0. The highest BCUT2D eigenvalue weighted by atomic mass is 32.2. The van der Waals surface area contributed by atoms with Crippen LogP contribution in [-0.2, 0) is 4.79 Å². The number of nitrogens with zero attached hydrogens (tertiary/aromatic N) is 1. The number of rotatable bonds is 6. The van der Waals surface area contributed by atoms with Gasteiger partial charge in [0.25, 0.3) is 11.1 Å². The Morgan fingerprint density at radius 2 is 1.86 bits per heavy atom. The zero-order valence-electron chi connectivity index (χ0n) is 15.2. The molecule has 8 heteroatoms. The van der Waals surface area contributed by atoms with Crippen molar-refractivity contribution < 1.29 is 19.1 Å². The van der Waals surface area contributed by atoms with E-state index in [4.69, 9.17) is 4.74 Å². The maximum atomic E-state index is 12.1. The van der Waals surface area contributed by atoms with Crippen molar-refractivity contribution in [2.45, 2.75) is 0 Å². The SMILES string of the molecule is CN(CCOc1ccc(/C=C2\SC(=O)NC2=O)cc1)C(=O)Nc1ccccc1. The van der Waals surface area contributed by atoms with Gasteiger partial charge in [-0.15, -0.1) is 0 Å². The fraction of sp³-hybridized carbons (Fsp3) is 0.150. The molecule has 0 aliphatic carbocycles. The summed E-state index contributed by atoms with van der Waals surface area (Å²) >= 11 is 0.880. The minimum atomic E-state index is -0.382. The second kappa shape index (κ2) is 9.09. The lowest BCUT2D eigenvalue weighted by atomic mass is 10.2. The molecule has 2 aromatic carbocycles. The van der Waals surface area contributed by atoms with E-state index in [2.05, 4.69) is 10.6 Å². The Morgan fingerprint density at radius 3 is 2.50 bits per heavy atom. The van der Waals surface area contributed by atoms with Crippen LogP contribution in [0.15, 0.2) is 59.5 Å². The van der Waals surface area contributed by atoms with Gasteiger partial charge in [-0.3, -0.25) is 14.9 Å². The lowest BCUT2D eigenvalue weighted by Gasteiger charge is -2.18. The van der Waals surface area contributed by atoms with Gasteiger partial charge in [-0.05, 0) is 47.7 Å². The number of urea groups is 1. The third-order valence-corrected chi connectivity index (χ3v) is 4.70. The molecule has 0 atom stereocenters. The van der Waals surface area contributed by atoms with Crippen molar-refractivity contribution in [1.29, 1.82) is 0 Å². The number of hydrogen-bond acceptors (Lipinski definition) is 5. The van der Waals surface area contributed by atoms with Crippen LogP contribution >= 0.6 is 11.8 Å². The number of imide groups is 1. The van der Waals surface area contributed by atoms with Gasteiger partial charge in [0.2, 0.25) is 0 Å². The Kier molecular flexibility index (Phi) is 6.33. The molecule has 1 heterocycles. The van der Waals surface area contributed by atoms with E-state index in [9.17, 15) is 14.4 Å². The van der Waals surface area contributed by atoms with Crippen molar-refractivity contribution in [3.05, 3.63) is 65.1 Å². The van der Waals surface area contributed by atoms with Crippen LogP contribution in [0.4, 0.5) is 15.3 Å². The summed E-state index contributed by atoms with van der Waals surface area (Å²) in [5.74, 6) is 0.269. The van der Waals surface area contributed by atoms with Crippen molar-refractivity contribution in [2.75, 3.05) is 25.5 Å². The van der Waals surface area contributed by atoms with Crippen LogP contribution in [0.1, 0.15) is 5.56 Å². The van der Waals surface area contributed by atoms with Gasteiger partial charge in [0.1, 0.15) is 12.4 Å². The van der Waals surface area contributed by atoms with Gasteiger partial charge in [-0.2, -0.15) is 0 Å². The van der Waals surface area contributed by atoms with Crippen molar-refractivity contribution in [1.82, 2.24) is 10.2 Å². The van der Waals surface area contributed by atoms with E-state index in [1.807, 2.05) is 30.3 Å². The van der Waals surface area contributed by atoms with Crippen LogP contribution in [0.5, 0.6) is 5.75 Å². The molecule has 4 amide bonds. The van der Waals surface area contributed by atoms with Gasteiger partial charge >= 0.3 is 6.03 Å². The molecule has 0 radical (unpaired) electrons. The molecule has 0 saturated carbocycles. The Hall–Kier alpha value is -3.26. The number of amides is 4. The normalized spacial score (nSPS) is 14.7. The van der Waals surface area contributed by atoms with Gasteiger partial charge in [0.05, 0.1) is 11.4 Å². The van der Waals surface area contributed by atoms with Crippen LogP contribution in [0.3, 0.4) is 0 Å². The van der Waals surface area contributed by atoms with Crippen LogP contribution in [0.25, 0.3) is 6.08 Å². The number of nitrogens with one attached hydrogen (secondary N) is 2. The molecule has 0 spiro atoms. The minimum Gasteiger partial charge on any atom is -0.492 e. The zero-order chi connectivity index (χ0) is 19.9. The molecule has 28 heavy (non-hydrogen) atoms. The summed E-state index contributed by atoms with van der Waals surface area (Å²) in [6, 6.07) is 16.2. The molecule has 2 aromatic rings. The standard InChI is InChI=1S/C20H19N3O4S/c1-23(19(25)21-15-5-3-2-4-6-15)11-12-27-16-9-7-14(8-10-16)13-17-18(24)22-20(26)28-17/h2-10,13H,11-12H2,1H3,(H,21,25)(H,22,24,26)/b17-13-. The average molecular weight is 397 g/mol. The first-order chi connectivity index (χ1) is 13.5. The molecule has 7 nitrogen and oxygen atoms in total. The summed E-state index contributed by atoms with van der Waals surface area (Å²) in [4.78, 5) is 36.7. The average Bonchev–Trinajstić information content (AvgIpc) is 3.00. The molecule has 0 bridgehead atoms. The van der Waals surface area contributed by atoms with Gasteiger partial charge < -0.3 is 15.0 Å². The molecule has 0 unspecified atom stereocenters. The van der Waals surface area contributed by atoms with Crippen LogP contribution in [0, 0.1) is 0 Å². The van der Waals surface area contributed by atoms with E-state index in [1.54, 1.807) is 42.3 Å². The number of carbonyl (C=O) groups is 3. The molecule has 1 aliphatic rings. The fourth-order valence-corrected chi connectivity index (χ4v) is 3.06. The maximum Gasteiger partial charge on any atom is 0.321 e. The molecule has 3 rings (SSSR count). The number of thioether (sulfide) groups is 1. The minimum absolute atomic E-state index is 0.210. The molecule has 0 aromatic heterocycles. The predicted octanol–water partition coefficient (Wildman–Crippen LogP) is 3.55. The van der Waals surface area contributed by atoms with Crippen LogP contribution in [0.2, 0.25) is 0 Å². The Balaban J connectivity index is 1.46. The van der Waals surface area contributed by atoms with E-state index in [0.29, 0.717) is 23.8 Å². The smallest absolute Gasteiger partial charge is 0.321 e. The molecular weight excluding hydrogens is 378 g/mol. The van der Waals surface area contributed by atoms with E-state index in [-0.39, 0.29) is 17.2 Å². The summed E-state index contributed by atoms with van der Waals surface area (Å²) in [5, 5.41) is 4.66. The largest absolute Gasteiger partial charge is 0.492 e. The summed E-state index contributed by atoms with van der Waals surface area (Å²) < 4.78 is 5.66. The van der Waals surface area contributed by atoms with E-state index in [1.165, 1.54) is 0 Å². The van der Waals surface area contributed by atoms with Gasteiger partial charge in [0.15, 0.2) is 0 Å². The lowest BCUT2D eigenvalue weighted by Crippen LogP contribution is -2.34. The third-order valence-electron chi connectivity index (χ3n) is 3.89. The topological polar surface area (TPSA) is 87.7 Å².